The molecule has 1 aromatic rings. The normalized spacial score (nSPS) is 26.2. The summed E-state index contributed by atoms with van der Waals surface area (Å²) in [5.74, 6) is 0.926. The maximum atomic E-state index is 12.8. The minimum atomic E-state index is -0.0884. The van der Waals surface area contributed by atoms with E-state index in [4.69, 9.17) is 11.6 Å². The Labute approximate surface area is 166 Å². The topological polar surface area (TPSA) is 43.9 Å². The quantitative estimate of drug-likeness (QED) is 0.798. The molecule has 4 rings (SSSR count). The van der Waals surface area contributed by atoms with Crippen LogP contribution < -0.4 is 4.90 Å². The largest absolute Gasteiger partial charge is 0.368 e. The van der Waals surface area contributed by atoms with Crippen molar-refractivity contribution in [3.8, 4) is 0 Å². The second kappa shape index (κ2) is 7.70. The minimum Gasteiger partial charge on any atom is -0.368 e. The molecule has 5 nitrogen and oxygen atoms in total. The van der Waals surface area contributed by atoms with Crippen molar-refractivity contribution in [3.05, 3.63) is 29.3 Å². The number of hydrogen-bond acceptors (Lipinski definition) is 3. The Bertz CT molecular complexity index is 709. The van der Waals surface area contributed by atoms with Gasteiger partial charge in [0.25, 0.3) is 0 Å². The van der Waals surface area contributed by atoms with E-state index in [9.17, 15) is 9.59 Å². The molecule has 146 valence electrons. The molecule has 0 N–H and O–H groups in total. The zero-order valence-corrected chi connectivity index (χ0v) is 16.7. The number of anilines is 1. The molecule has 0 radical (unpaired) electrons. The molecule has 2 unspecified atom stereocenters. The highest BCUT2D eigenvalue weighted by atomic mass is 35.5. The molecular formula is C21H28ClN3O2. The van der Waals surface area contributed by atoms with E-state index in [-0.39, 0.29) is 23.7 Å². The number of amides is 2. The van der Waals surface area contributed by atoms with Gasteiger partial charge in [0.05, 0.1) is 11.8 Å². The summed E-state index contributed by atoms with van der Waals surface area (Å²) in [6.45, 7) is 7.00. The highest BCUT2D eigenvalue weighted by Crippen LogP contribution is 2.42. The van der Waals surface area contributed by atoms with Crippen LogP contribution in [0.3, 0.4) is 0 Å². The SMILES string of the molecule is CC1CCN(C(=O)C2CC2C(=O)N2CCN(c3cccc(Cl)c3)CC2)CC1. The third-order valence-corrected chi connectivity index (χ3v) is 6.52. The summed E-state index contributed by atoms with van der Waals surface area (Å²) >= 11 is 6.08. The predicted octanol–water partition coefficient (Wildman–Crippen LogP) is 2.88. The summed E-state index contributed by atoms with van der Waals surface area (Å²) < 4.78 is 0. The molecule has 2 atom stereocenters. The second-order valence-corrected chi connectivity index (χ2v) is 8.69. The van der Waals surface area contributed by atoms with Crippen molar-refractivity contribution in [1.29, 1.82) is 0 Å². The first-order valence-electron chi connectivity index (χ1n) is 10.1. The number of rotatable bonds is 3. The van der Waals surface area contributed by atoms with E-state index < -0.39 is 0 Å². The second-order valence-electron chi connectivity index (χ2n) is 8.25. The zero-order chi connectivity index (χ0) is 19.0. The summed E-state index contributed by atoms with van der Waals surface area (Å²) in [5.41, 5.74) is 1.11. The van der Waals surface area contributed by atoms with E-state index in [2.05, 4.69) is 17.9 Å². The maximum absolute atomic E-state index is 12.8. The van der Waals surface area contributed by atoms with Crippen molar-refractivity contribution in [2.45, 2.75) is 26.2 Å². The van der Waals surface area contributed by atoms with Gasteiger partial charge in [0.15, 0.2) is 0 Å². The van der Waals surface area contributed by atoms with Gasteiger partial charge in [-0.1, -0.05) is 24.6 Å². The molecule has 2 saturated heterocycles. The Morgan fingerprint density at radius 2 is 1.52 bits per heavy atom. The Morgan fingerprint density at radius 3 is 2.11 bits per heavy atom. The molecule has 6 heteroatoms. The third-order valence-electron chi connectivity index (χ3n) is 6.28. The summed E-state index contributed by atoms with van der Waals surface area (Å²) in [6, 6.07) is 7.85. The van der Waals surface area contributed by atoms with Crippen LogP contribution in [0.25, 0.3) is 0 Å². The van der Waals surface area contributed by atoms with Crippen LogP contribution in [0.1, 0.15) is 26.2 Å². The predicted molar refractivity (Wildman–Crippen MR) is 107 cm³/mol. The molecule has 3 aliphatic rings. The van der Waals surface area contributed by atoms with Gasteiger partial charge in [0.2, 0.25) is 11.8 Å². The molecule has 1 aliphatic carbocycles. The monoisotopic (exact) mass is 389 g/mol. The lowest BCUT2D eigenvalue weighted by Crippen LogP contribution is -2.49. The number of piperidine rings is 1. The van der Waals surface area contributed by atoms with Crippen LogP contribution in [-0.4, -0.2) is 60.9 Å². The fourth-order valence-corrected chi connectivity index (χ4v) is 4.48. The van der Waals surface area contributed by atoms with Gasteiger partial charge in [-0.25, -0.2) is 0 Å². The molecule has 3 fully saturated rings. The third kappa shape index (κ3) is 4.08. The van der Waals surface area contributed by atoms with Gasteiger partial charge in [-0.05, 0) is 43.4 Å². The molecule has 0 bridgehead atoms. The van der Waals surface area contributed by atoms with Crippen LogP contribution in [0.5, 0.6) is 0 Å². The van der Waals surface area contributed by atoms with Gasteiger partial charge in [-0.2, -0.15) is 0 Å². The van der Waals surface area contributed by atoms with Crippen LogP contribution in [0.2, 0.25) is 5.02 Å². The molecule has 2 heterocycles. The first-order chi connectivity index (χ1) is 13.0. The van der Waals surface area contributed by atoms with Gasteiger partial charge >= 0.3 is 0 Å². The highest BCUT2D eigenvalue weighted by molar-refractivity contribution is 6.30. The number of halogens is 1. The Balaban J connectivity index is 1.27. The van der Waals surface area contributed by atoms with Gasteiger partial charge in [0, 0.05) is 50.0 Å². The highest BCUT2D eigenvalue weighted by Gasteiger charge is 2.51. The lowest BCUT2D eigenvalue weighted by Gasteiger charge is -2.36. The average Bonchev–Trinajstić information content (AvgIpc) is 3.48. The first-order valence-corrected chi connectivity index (χ1v) is 10.5. The van der Waals surface area contributed by atoms with Crippen LogP contribution in [-0.2, 0) is 9.59 Å². The van der Waals surface area contributed by atoms with E-state index >= 15 is 0 Å². The molecule has 1 saturated carbocycles. The minimum absolute atomic E-state index is 0.0723. The Kier molecular flexibility index (Phi) is 5.31. The number of carbonyl (C=O) groups excluding carboxylic acids is 2. The molecule has 27 heavy (non-hydrogen) atoms. The number of hydrogen-bond donors (Lipinski definition) is 0. The molecule has 1 aromatic carbocycles. The number of likely N-dealkylation sites (tertiary alicyclic amines) is 1. The fourth-order valence-electron chi connectivity index (χ4n) is 4.30. The van der Waals surface area contributed by atoms with Crippen molar-refractivity contribution in [1.82, 2.24) is 9.80 Å². The smallest absolute Gasteiger partial charge is 0.226 e. The van der Waals surface area contributed by atoms with Crippen LogP contribution >= 0.6 is 11.6 Å². The molecule has 2 aliphatic heterocycles. The molecule has 2 amide bonds. The van der Waals surface area contributed by atoms with Crippen molar-refractivity contribution >= 4 is 29.1 Å². The van der Waals surface area contributed by atoms with E-state index in [1.165, 1.54) is 0 Å². The number of benzene rings is 1. The summed E-state index contributed by atoms with van der Waals surface area (Å²) in [7, 11) is 0. The van der Waals surface area contributed by atoms with E-state index in [1.807, 2.05) is 28.0 Å². The first kappa shape index (κ1) is 18.6. The van der Waals surface area contributed by atoms with Gasteiger partial charge in [-0.15, -0.1) is 0 Å². The van der Waals surface area contributed by atoms with Crippen molar-refractivity contribution < 1.29 is 9.59 Å². The number of piperazine rings is 1. The number of nitrogens with zero attached hydrogens (tertiary/aromatic N) is 3. The Hall–Kier alpha value is -1.75. The number of carbonyl (C=O) groups is 2. The lowest BCUT2D eigenvalue weighted by atomic mass is 9.99. The van der Waals surface area contributed by atoms with Crippen molar-refractivity contribution in [2.75, 3.05) is 44.2 Å². The summed E-state index contributed by atoms with van der Waals surface area (Å²) in [4.78, 5) is 31.7. The van der Waals surface area contributed by atoms with E-state index in [0.717, 1.165) is 56.2 Å². The zero-order valence-electron chi connectivity index (χ0n) is 15.9. The van der Waals surface area contributed by atoms with Gasteiger partial charge in [-0.3, -0.25) is 9.59 Å². The lowest BCUT2D eigenvalue weighted by molar-refractivity contribution is -0.138. The van der Waals surface area contributed by atoms with Crippen molar-refractivity contribution in [3.63, 3.8) is 0 Å². The molecule has 0 spiro atoms. The standard InChI is InChI=1S/C21H28ClN3O2/c1-15-5-7-24(8-6-15)20(26)18-14-19(18)21(27)25-11-9-23(10-12-25)17-4-2-3-16(22)13-17/h2-4,13,15,18-19H,5-12,14H2,1H3. The van der Waals surface area contributed by atoms with Crippen LogP contribution in [0.15, 0.2) is 24.3 Å². The fraction of sp³-hybridized carbons (Fsp3) is 0.619. The van der Waals surface area contributed by atoms with E-state index in [0.29, 0.717) is 19.0 Å². The van der Waals surface area contributed by atoms with Gasteiger partial charge < -0.3 is 14.7 Å². The van der Waals surface area contributed by atoms with Crippen LogP contribution in [0, 0.1) is 17.8 Å². The average molecular weight is 390 g/mol. The van der Waals surface area contributed by atoms with E-state index in [1.54, 1.807) is 0 Å². The molecule has 0 aromatic heterocycles. The maximum Gasteiger partial charge on any atom is 0.226 e. The van der Waals surface area contributed by atoms with Gasteiger partial charge in [0.1, 0.15) is 0 Å². The summed E-state index contributed by atoms with van der Waals surface area (Å²) in [6.07, 6.45) is 2.91. The Morgan fingerprint density at radius 1 is 0.926 bits per heavy atom. The van der Waals surface area contributed by atoms with Crippen molar-refractivity contribution in [2.24, 2.45) is 17.8 Å². The summed E-state index contributed by atoms with van der Waals surface area (Å²) in [5, 5.41) is 0.734. The van der Waals surface area contributed by atoms with Crippen LogP contribution in [0.4, 0.5) is 5.69 Å². The molecular weight excluding hydrogens is 362 g/mol.